The fourth-order valence-corrected chi connectivity index (χ4v) is 3.40. The van der Waals surface area contributed by atoms with Crippen LogP contribution in [0.5, 0.6) is 5.75 Å². The molecule has 13 heavy (non-hydrogen) atoms. The van der Waals surface area contributed by atoms with Gasteiger partial charge in [-0.3, -0.25) is 0 Å². The lowest BCUT2D eigenvalue weighted by molar-refractivity contribution is 0.410. The number of nitrogens with zero attached hydrogens (tertiary/aromatic N) is 2. The first-order chi connectivity index (χ1) is 6.33. The predicted molar refractivity (Wildman–Crippen MR) is 57.2 cm³/mol. The Balaban J connectivity index is 2.24. The van der Waals surface area contributed by atoms with Crippen LogP contribution in [0.1, 0.15) is 18.2 Å². The molecule has 1 aliphatic rings. The highest BCUT2D eigenvalue weighted by molar-refractivity contribution is 9.10. The molecule has 2 heterocycles. The first-order valence-electron chi connectivity index (χ1n) is 4.21. The Labute approximate surface area is 90.0 Å². The van der Waals surface area contributed by atoms with Crippen LogP contribution in [0.15, 0.2) is 10.8 Å². The fourth-order valence-electron chi connectivity index (χ4n) is 1.42. The number of methoxy groups -OCH3 is 1. The van der Waals surface area contributed by atoms with Crippen molar-refractivity contribution in [1.29, 1.82) is 0 Å². The summed E-state index contributed by atoms with van der Waals surface area (Å²) < 4.78 is 8.10. The van der Waals surface area contributed by atoms with Gasteiger partial charge in [0.25, 0.3) is 0 Å². The van der Waals surface area contributed by atoms with Gasteiger partial charge < -0.3 is 4.74 Å². The van der Waals surface area contributed by atoms with Crippen LogP contribution >= 0.6 is 27.7 Å². The number of hydrogen-bond acceptors (Lipinski definition) is 3. The zero-order valence-corrected chi connectivity index (χ0v) is 9.77. The van der Waals surface area contributed by atoms with E-state index in [1.165, 1.54) is 18.6 Å². The molecule has 1 fully saturated rings. The van der Waals surface area contributed by atoms with Crippen LogP contribution in [-0.4, -0.2) is 22.6 Å². The van der Waals surface area contributed by atoms with Crippen LogP contribution in [-0.2, 0) is 0 Å². The second-order valence-corrected chi connectivity index (χ2v) is 4.95. The molecule has 1 atom stereocenters. The van der Waals surface area contributed by atoms with E-state index < -0.39 is 0 Å². The standard InChI is InChI=1S/C8H11BrN2OS/c1-12-6-5-10-11(8(6)9)7-3-2-4-13-7/h5,7H,2-4H2,1H3. The summed E-state index contributed by atoms with van der Waals surface area (Å²) in [5.41, 5.74) is 0. The molecule has 3 nitrogen and oxygen atoms in total. The predicted octanol–water partition coefficient (Wildman–Crippen LogP) is 2.68. The maximum Gasteiger partial charge on any atom is 0.171 e. The Kier molecular flexibility index (Phi) is 2.83. The average molecular weight is 263 g/mol. The summed E-state index contributed by atoms with van der Waals surface area (Å²) in [5, 5.41) is 4.78. The molecule has 0 aliphatic carbocycles. The van der Waals surface area contributed by atoms with Gasteiger partial charge in [0, 0.05) is 0 Å². The minimum absolute atomic E-state index is 0.485. The molecule has 1 aromatic heterocycles. The van der Waals surface area contributed by atoms with Gasteiger partial charge in [0.2, 0.25) is 0 Å². The van der Waals surface area contributed by atoms with Crippen LogP contribution in [0.25, 0.3) is 0 Å². The molecule has 0 bridgehead atoms. The molecular formula is C8H11BrN2OS. The van der Waals surface area contributed by atoms with E-state index in [0.717, 1.165) is 10.4 Å². The Morgan fingerprint density at radius 1 is 1.77 bits per heavy atom. The van der Waals surface area contributed by atoms with Crippen LogP contribution in [0.3, 0.4) is 0 Å². The molecule has 5 heteroatoms. The maximum atomic E-state index is 5.15. The van der Waals surface area contributed by atoms with Crippen molar-refractivity contribution >= 4 is 27.7 Å². The fraction of sp³-hybridized carbons (Fsp3) is 0.625. The lowest BCUT2D eigenvalue weighted by Gasteiger charge is -2.10. The molecule has 1 aromatic rings. The van der Waals surface area contributed by atoms with Crippen LogP contribution in [0.2, 0.25) is 0 Å². The number of hydrogen-bond donors (Lipinski definition) is 0. The van der Waals surface area contributed by atoms with Crippen molar-refractivity contribution in [3.8, 4) is 5.75 Å². The smallest absolute Gasteiger partial charge is 0.171 e. The van der Waals surface area contributed by atoms with E-state index in [4.69, 9.17) is 4.74 Å². The summed E-state index contributed by atoms with van der Waals surface area (Å²) in [4.78, 5) is 0. The van der Waals surface area contributed by atoms with Crippen molar-refractivity contribution in [2.45, 2.75) is 18.2 Å². The Hall–Kier alpha value is -0.160. The normalized spacial score (nSPS) is 22.2. The van der Waals surface area contributed by atoms with Crippen LogP contribution in [0.4, 0.5) is 0 Å². The third-order valence-corrected chi connectivity index (χ3v) is 4.20. The lowest BCUT2D eigenvalue weighted by atomic mass is 10.3. The zero-order chi connectivity index (χ0) is 9.26. The van der Waals surface area contributed by atoms with E-state index in [2.05, 4.69) is 21.0 Å². The van der Waals surface area contributed by atoms with E-state index >= 15 is 0 Å². The molecule has 1 unspecified atom stereocenters. The topological polar surface area (TPSA) is 27.1 Å². The summed E-state index contributed by atoms with van der Waals surface area (Å²) in [6.07, 6.45) is 4.24. The third-order valence-electron chi connectivity index (χ3n) is 2.10. The van der Waals surface area contributed by atoms with E-state index in [0.29, 0.717) is 5.37 Å². The van der Waals surface area contributed by atoms with Gasteiger partial charge in [0.05, 0.1) is 18.7 Å². The monoisotopic (exact) mass is 262 g/mol. The van der Waals surface area contributed by atoms with Gasteiger partial charge in [0.1, 0.15) is 4.60 Å². The maximum absolute atomic E-state index is 5.15. The van der Waals surface area contributed by atoms with Crippen molar-refractivity contribution in [1.82, 2.24) is 9.78 Å². The molecule has 0 spiro atoms. The average Bonchev–Trinajstić information content (AvgIpc) is 2.72. The van der Waals surface area contributed by atoms with Crippen LogP contribution in [0, 0.1) is 0 Å². The van der Waals surface area contributed by atoms with Crippen LogP contribution < -0.4 is 4.74 Å². The second kappa shape index (κ2) is 3.92. The molecule has 1 aliphatic heterocycles. The van der Waals surface area contributed by atoms with Crippen molar-refractivity contribution in [2.75, 3.05) is 12.9 Å². The van der Waals surface area contributed by atoms with Gasteiger partial charge in [-0.05, 0) is 34.5 Å². The third kappa shape index (κ3) is 1.72. The molecule has 0 aromatic carbocycles. The number of rotatable bonds is 2. The molecule has 0 amide bonds. The van der Waals surface area contributed by atoms with Crippen molar-refractivity contribution in [2.24, 2.45) is 0 Å². The molecular weight excluding hydrogens is 252 g/mol. The molecule has 0 radical (unpaired) electrons. The molecule has 2 rings (SSSR count). The molecule has 0 N–H and O–H groups in total. The number of thioether (sulfide) groups is 1. The lowest BCUT2D eigenvalue weighted by Crippen LogP contribution is -2.03. The SMILES string of the molecule is COc1cnn(C2CCCS2)c1Br. The second-order valence-electron chi connectivity index (χ2n) is 2.92. The minimum Gasteiger partial charge on any atom is -0.492 e. The summed E-state index contributed by atoms with van der Waals surface area (Å²) in [6, 6.07) is 0. The van der Waals surface area contributed by atoms with Gasteiger partial charge in [-0.15, -0.1) is 11.8 Å². The number of halogens is 1. The number of ether oxygens (including phenoxy) is 1. The van der Waals surface area contributed by atoms with Crippen molar-refractivity contribution in [3.63, 3.8) is 0 Å². The van der Waals surface area contributed by atoms with E-state index in [1.54, 1.807) is 13.3 Å². The van der Waals surface area contributed by atoms with Gasteiger partial charge >= 0.3 is 0 Å². The van der Waals surface area contributed by atoms with Gasteiger partial charge in [0.15, 0.2) is 5.75 Å². The summed E-state index contributed by atoms with van der Waals surface area (Å²) >= 11 is 5.43. The Morgan fingerprint density at radius 2 is 2.62 bits per heavy atom. The zero-order valence-electron chi connectivity index (χ0n) is 7.36. The quantitative estimate of drug-likeness (QED) is 0.820. The van der Waals surface area contributed by atoms with Crippen molar-refractivity contribution in [3.05, 3.63) is 10.8 Å². The van der Waals surface area contributed by atoms with Gasteiger partial charge in [-0.1, -0.05) is 0 Å². The van der Waals surface area contributed by atoms with Crippen molar-refractivity contribution < 1.29 is 4.74 Å². The molecule has 0 saturated carbocycles. The van der Waals surface area contributed by atoms with Gasteiger partial charge in [-0.2, -0.15) is 5.10 Å². The first-order valence-corrected chi connectivity index (χ1v) is 6.05. The van der Waals surface area contributed by atoms with E-state index in [-0.39, 0.29) is 0 Å². The summed E-state index contributed by atoms with van der Waals surface area (Å²) in [7, 11) is 1.66. The van der Waals surface area contributed by atoms with Gasteiger partial charge in [-0.25, -0.2) is 4.68 Å². The number of aromatic nitrogens is 2. The highest BCUT2D eigenvalue weighted by Crippen LogP contribution is 2.39. The molecule has 72 valence electrons. The minimum atomic E-state index is 0.485. The Morgan fingerprint density at radius 3 is 3.15 bits per heavy atom. The highest BCUT2D eigenvalue weighted by atomic mass is 79.9. The van der Waals surface area contributed by atoms with E-state index in [9.17, 15) is 0 Å². The largest absolute Gasteiger partial charge is 0.492 e. The van der Waals surface area contributed by atoms with E-state index in [1.807, 2.05) is 16.4 Å². The molecule has 1 saturated heterocycles. The highest BCUT2D eigenvalue weighted by Gasteiger charge is 2.21. The first kappa shape index (κ1) is 9.40. The summed E-state index contributed by atoms with van der Waals surface area (Å²) in [5.74, 6) is 2.05. The Bertz CT molecular complexity index is 296. The summed E-state index contributed by atoms with van der Waals surface area (Å²) in [6.45, 7) is 0.